The Morgan fingerprint density at radius 2 is 1.50 bits per heavy atom. The van der Waals surface area contributed by atoms with Gasteiger partial charge in [0.2, 0.25) is 0 Å². The van der Waals surface area contributed by atoms with Crippen molar-refractivity contribution >= 4 is 60.9 Å². The topological polar surface area (TPSA) is 93.4 Å². The van der Waals surface area contributed by atoms with Gasteiger partial charge < -0.3 is 4.57 Å². The number of unbranched alkanes of at least 4 members (excludes halogenated alkanes) is 1. The summed E-state index contributed by atoms with van der Waals surface area (Å²) in [6.07, 6.45) is 1.20. The van der Waals surface area contributed by atoms with E-state index in [1.54, 1.807) is 42.5 Å². The van der Waals surface area contributed by atoms with E-state index in [4.69, 9.17) is 27.8 Å². The lowest BCUT2D eigenvalue weighted by Crippen LogP contribution is -2.18. The van der Waals surface area contributed by atoms with E-state index in [0.717, 1.165) is 11.1 Å². The number of aromatic nitrogens is 1. The van der Waals surface area contributed by atoms with Crippen LogP contribution in [0, 0.1) is 0 Å². The maximum atomic E-state index is 13.4. The minimum Gasteiger partial charge on any atom is -0.340 e. The lowest BCUT2D eigenvalue weighted by atomic mass is 9.84. The Labute approximate surface area is 205 Å². The number of pyridine rings is 1. The van der Waals surface area contributed by atoms with Crippen molar-refractivity contribution < 1.29 is 17.8 Å². The third kappa shape index (κ3) is 4.14. The summed E-state index contributed by atoms with van der Waals surface area (Å²) in [5, 5.41) is 1.83. The van der Waals surface area contributed by atoms with Gasteiger partial charge >= 0.3 is 0 Å². The number of fused-ring (bicyclic) bond motifs is 4. The van der Waals surface area contributed by atoms with Crippen LogP contribution in [-0.4, -0.2) is 29.1 Å². The molecule has 0 atom stereocenters. The van der Waals surface area contributed by atoms with Gasteiger partial charge in [-0.2, -0.15) is 8.42 Å². The highest BCUT2D eigenvalue weighted by molar-refractivity contribution is 7.85. The highest BCUT2D eigenvalue weighted by atomic mass is 35.5. The van der Waals surface area contributed by atoms with Crippen LogP contribution in [0.3, 0.4) is 0 Å². The molecule has 4 aromatic rings. The first-order valence-corrected chi connectivity index (χ1v) is 13.1. The molecule has 0 aliphatic heterocycles. The second kappa shape index (κ2) is 8.50. The number of nitrogens with zero attached hydrogens (tertiary/aromatic N) is 1. The summed E-state index contributed by atoms with van der Waals surface area (Å²) >= 11 is 12.3. The SMILES string of the molecule is O=C1c2cc(Cl)ccc2Cc2cc3c(=O)c4cc(Cl)ccc4n(CCCCS(=O)(=O)O)c3cc21. The van der Waals surface area contributed by atoms with E-state index >= 15 is 0 Å². The molecule has 0 unspecified atom stereocenters. The molecule has 5 rings (SSSR count). The number of hydrogen-bond donors (Lipinski definition) is 1. The fraction of sp³-hybridized carbons (Fsp3) is 0.200. The van der Waals surface area contributed by atoms with Crippen molar-refractivity contribution in [2.24, 2.45) is 0 Å². The number of ketones is 1. The Balaban J connectivity index is 1.71. The minimum absolute atomic E-state index is 0.151. The van der Waals surface area contributed by atoms with Crippen LogP contribution in [0.15, 0.2) is 53.3 Å². The standard InChI is InChI=1S/C25H19Cl2NO5S/c26-16-4-3-14-9-15-10-20-23(13-19(15)24(29)18(14)11-16)28(7-1-2-8-34(31,32)33)22-6-5-17(27)12-21(22)25(20)30/h3-6,10-13H,1-2,7-9H2,(H,31,32,33). The number of halogens is 2. The second-order valence-corrected chi connectivity index (χ2v) is 10.9. The van der Waals surface area contributed by atoms with Crippen molar-refractivity contribution in [3.05, 3.63) is 91.1 Å². The molecular weight excluding hydrogens is 497 g/mol. The summed E-state index contributed by atoms with van der Waals surface area (Å²) in [4.78, 5) is 26.7. The Morgan fingerprint density at radius 1 is 0.824 bits per heavy atom. The zero-order valence-electron chi connectivity index (χ0n) is 17.8. The number of carbonyl (C=O) groups excluding carboxylic acids is 1. The fourth-order valence-electron chi connectivity index (χ4n) is 4.66. The molecule has 0 saturated carbocycles. The van der Waals surface area contributed by atoms with Crippen LogP contribution in [0.25, 0.3) is 21.8 Å². The first-order valence-electron chi connectivity index (χ1n) is 10.7. The maximum Gasteiger partial charge on any atom is 0.264 e. The van der Waals surface area contributed by atoms with Gasteiger partial charge in [-0.3, -0.25) is 14.1 Å². The summed E-state index contributed by atoms with van der Waals surface area (Å²) in [6, 6.07) is 13.8. The molecule has 9 heteroatoms. The number of aryl methyl sites for hydroxylation is 1. The van der Waals surface area contributed by atoms with Crippen molar-refractivity contribution in [1.82, 2.24) is 4.57 Å². The van der Waals surface area contributed by atoms with E-state index in [1.807, 2.05) is 10.6 Å². The summed E-state index contributed by atoms with van der Waals surface area (Å²) in [7, 11) is -4.06. The number of benzene rings is 3. The summed E-state index contributed by atoms with van der Waals surface area (Å²) in [5.41, 5.74) is 3.73. The molecule has 1 aromatic heterocycles. The molecule has 0 radical (unpaired) electrons. The fourth-order valence-corrected chi connectivity index (χ4v) is 5.57. The van der Waals surface area contributed by atoms with Crippen molar-refractivity contribution in [2.45, 2.75) is 25.8 Å². The lowest BCUT2D eigenvalue weighted by Gasteiger charge is -2.22. The molecule has 0 spiro atoms. The predicted molar refractivity (Wildman–Crippen MR) is 134 cm³/mol. The van der Waals surface area contributed by atoms with Crippen LogP contribution < -0.4 is 5.43 Å². The molecular formula is C25H19Cl2NO5S. The highest BCUT2D eigenvalue weighted by Crippen LogP contribution is 2.33. The third-order valence-electron chi connectivity index (χ3n) is 6.23. The Kier molecular flexibility index (Phi) is 5.76. The van der Waals surface area contributed by atoms with Gasteiger partial charge in [0, 0.05) is 38.5 Å². The molecule has 34 heavy (non-hydrogen) atoms. The molecule has 0 amide bonds. The van der Waals surface area contributed by atoms with Crippen LogP contribution in [-0.2, 0) is 23.1 Å². The smallest absolute Gasteiger partial charge is 0.264 e. The Bertz CT molecular complexity index is 1680. The average Bonchev–Trinajstić information content (AvgIpc) is 2.78. The summed E-state index contributed by atoms with van der Waals surface area (Å²) in [5.74, 6) is -0.498. The quantitative estimate of drug-likeness (QED) is 0.195. The summed E-state index contributed by atoms with van der Waals surface area (Å²) < 4.78 is 33.2. The molecule has 174 valence electrons. The molecule has 0 bridgehead atoms. The molecule has 1 heterocycles. The number of carbonyl (C=O) groups is 1. The van der Waals surface area contributed by atoms with Crippen LogP contribution in [0.4, 0.5) is 0 Å². The van der Waals surface area contributed by atoms with Gasteiger partial charge in [-0.15, -0.1) is 0 Å². The van der Waals surface area contributed by atoms with Crippen molar-refractivity contribution in [3.8, 4) is 0 Å². The van der Waals surface area contributed by atoms with Gasteiger partial charge in [0.1, 0.15) is 0 Å². The zero-order valence-corrected chi connectivity index (χ0v) is 20.2. The molecule has 0 saturated heterocycles. The Hall–Kier alpha value is -2.71. The lowest BCUT2D eigenvalue weighted by molar-refractivity contribution is 0.103. The van der Waals surface area contributed by atoms with Gasteiger partial charge in [0.05, 0.1) is 16.8 Å². The molecule has 6 nitrogen and oxygen atoms in total. The monoisotopic (exact) mass is 515 g/mol. The third-order valence-corrected chi connectivity index (χ3v) is 7.50. The maximum absolute atomic E-state index is 13.4. The van der Waals surface area contributed by atoms with Gasteiger partial charge in [-0.25, -0.2) is 0 Å². The van der Waals surface area contributed by atoms with E-state index in [-0.39, 0.29) is 23.4 Å². The molecule has 3 aromatic carbocycles. The van der Waals surface area contributed by atoms with Crippen molar-refractivity contribution in [3.63, 3.8) is 0 Å². The van der Waals surface area contributed by atoms with E-state index < -0.39 is 10.1 Å². The van der Waals surface area contributed by atoms with E-state index in [9.17, 15) is 18.0 Å². The first kappa shape index (κ1) is 23.1. The van der Waals surface area contributed by atoms with Crippen molar-refractivity contribution in [2.75, 3.05) is 5.75 Å². The van der Waals surface area contributed by atoms with E-state index in [0.29, 0.717) is 62.4 Å². The minimum atomic E-state index is -4.06. The molecule has 1 aliphatic carbocycles. The number of hydrogen-bond acceptors (Lipinski definition) is 4. The molecule has 1 aliphatic rings. The molecule has 1 N–H and O–H groups in total. The van der Waals surface area contributed by atoms with Gasteiger partial charge in [-0.05, 0) is 72.9 Å². The van der Waals surface area contributed by atoms with E-state index in [2.05, 4.69) is 0 Å². The number of rotatable bonds is 5. The summed E-state index contributed by atoms with van der Waals surface area (Å²) in [6.45, 7) is 0.389. The average molecular weight is 516 g/mol. The second-order valence-electron chi connectivity index (χ2n) is 8.47. The zero-order chi connectivity index (χ0) is 24.2. The first-order chi connectivity index (χ1) is 16.1. The van der Waals surface area contributed by atoms with Crippen LogP contribution in [0.2, 0.25) is 10.0 Å². The molecule has 0 fully saturated rings. The van der Waals surface area contributed by atoms with Crippen LogP contribution in [0.1, 0.15) is 39.9 Å². The largest absolute Gasteiger partial charge is 0.340 e. The Morgan fingerprint density at radius 3 is 2.26 bits per heavy atom. The van der Waals surface area contributed by atoms with Gasteiger partial charge in [0.15, 0.2) is 11.2 Å². The highest BCUT2D eigenvalue weighted by Gasteiger charge is 2.25. The van der Waals surface area contributed by atoms with Crippen LogP contribution in [0.5, 0.6) is 0 Å². The van der Waals surface area contributed by atoms with Gasteiger partial charge in [0.25, 0.3) is 10.1 Å². The normalized spacial score (nSPS) is 13.3. The van der Waals surface area contributed by atoms with Crippen molar-refractivity contribution in [1.29, 1.82) is 0 Å². The van der Waals surface area contributed by atoms with Crippen LogP contribution >= 0.6 is 23.2 Å². The van der Waals surface area contributed by atoms with E-state index in [1.165, 1.54) is 0 Å². The predicted octanol–water partition coefficient (Wildman–Crippen LogP) is 5.26. The van der Waals surface area contributed by atoms with Gasteiger partial charge in [-0.1, -0.05) is 29.3 Å².